The van der Waals surface area contributed by atoms with E-state index in [1.165, 1.54) is 30.3 Å². The first kappa shape index (κ1) is 17.6. The van der Waals surface area contributed by atoms with Crippen LogP contribution in [-0.2, 0) is 14.8 Å². The summed E-state index contributed by atoms with van der Waals surface area (Å²) in [6.07, 6.45) is 6.47. The van der Waals surface area contributed by atoms with E-state index in [1.54, 1.807) is 23.2 Å². The number of rotatable bonds is 5. The minimum Gasteiger partial charge on any atom is -0.323 e. The number of carbonyl (C=O) groups excluding carboxylic acids is 1. The second-order valence-electron chi connectivity index (χ2n) is 5.45. The van der Waals surface area contributed by atoms with Crippen LogP contribution < -0.4 is 10.5 Å². The SMILES string of the molecule is NS(=O)(=O)c1ccc(NC(=O)/C=C/c2cnn(-c3ccccc3)c2)cc1. The van der Waals surface area contributed by atoms with E-state index in [0.29, 0.717) is 5.69 Å². The Bertz CT molecular complexity index is 1040. The predicted octanol–water partition coefficient (Wildman–Crippen LogP) is 2.17. The molecule has 2 aromatic carbocycles. The summed E-state index contributed by atoms with van der Waals surface area (Å²) >= 11 is 0. The molecule has 0 bridgehead atoms. The maximum absolute atomic E-state index is 12.0. The molecular formula is C18H16N4O3S. The van der Waals surface area contributed by atoms with Crippen molar-refractivity contribution in [3.63, 3.8) is 0 Å². The highest BCUT2D eigenvalue weighted by molar-refractivity contribution is 7.89. The highest BCUT2D eigenvalue weighted by Crippen LogP contribution is 2.13. The lowest BCUT2D eigenvalue weighted by Crippen LogP contribution is -2.12. The number of primary sulfonamides is 1. The summed E-state index contributed by atoms with van der Waals surface area (Å²) in [6, 6.07) is 15.2. The fourth-order valence-corrected chi connectivity index (χ4v) is 2.74. The van der Waals surface area contributed by atoms with Gasteiger partial charge in [0.15, 0.2) is 0 Å². The van der Waals surface area contributed by atoms with Gasteiger partial charge in [-0.1, -0.05) is 18.2 Å². The zero-order valence-corrected chi connectivity index (χ0v) is 14.4. The van der Waals surface area contributed by atoms with Gasteiger partial charge in [-0.25, -0.2) is 18.2 Å². The van der Waals surface area contributed by atoms with Gasteiger partial charge in [-0.05, 0) is 42.5 Å². The minimum absolute atomic E-state index is 0.0145. The van der Waals surface area contributed by atoms with Crippen molar-refractivity contribution in [2.75, 3.05) is 5.32 Å². The van der Waals surface area contributed by atoms with Gasteiger partial charge >= 0.3 is 0 Å². The number of amides is 1. The third-order valence-corrected chi connectivity index (χ3v) is 4.43. The van der Waals surface area contributed by atoms with Crippen LogP contribution in [0.25, 0.3) is 11.8 Å². The highest BCUT2D eigenvalue weighted by Gasteiger charge is 2.07. The van der Waals surface area contributed by atoms with Crippen molar-refractivity contribution in [3.05, 3.63) is 78.6 Å². The van der Waals surface area contributed by atoms with Crippen molar-refractivity contribution in [1.29, 1.82) is 0 Å². The van der Waals surface area contributed by atoms with Gasteiger partial charge in [0, 0.05) is 23.5 Å². The third kappa shape index (κ3) is 4.44. The van der Waals surface area contributed by atoms with Gasteiger partial charge in [0.1, 0.15) is 0 Å². The fraction of sp³-hybridized carbons (Fsp3) is 0. The third-order valence-electron chi connectivity index (χ3n) is 3.50. The van der Waals surface area contributed by atoms with Gasteiger partial charge in [0.05, 0.1) is 16.8 Å². The smallest absolute Gasteiger partial charge is 0.248 e. The Balaban J connectivity index is 1.64. The Labute approximate surface area is 150 Å². The molecule has 1 aromatic heterocycles. The quantitative estimate of drug-likeness (QED) is 0.673. The maximum atomic E-state index is 12.0. The predicted molar refractivity (Wildman–Crippen MR) is 99.0 cm³/mol. The summed E-state index contributed by atoms with van der Waals surface area (Å²) in [5.74, 6) is -0.346. The molecule has 7 nitrogen and oxygen atoms in total. The van der Waals surface area contributed by atoms with Crippen molar-refractivity contribution in [3.8, 4) is 5.69 Å². The van der Waals surface area contributed by atoms with Gasteiger partial charge in [0.25, 0.3) is 0 Å². The van der Waals surface area contributed by atoms with Crippen molar-refractivity contribution in [2.24, 2.45) is 5.14 Å². The molecule has 0 fully saturated rings. The van der Waals surface area contributed by atoms with E-state index in [0.717, 1.165) is 11.3 Å². The second-order valence-corrected chi connectivity index (χ2v) is 7.01. The molecule has 26 heavy (non-hydrogen) atoms. The second kappa shape index (κ2) is 7.34. The average molecular weight is 368 g/mol. The molecule has 8 heteroatoms. The molecule has 3 N–H and O–H groups in total. The summed E-state index contributed by atoms with van der Waals surface area (Å²) in [7, 11) is -3.75. The van der Waals surface area contributed by atoms with Crippen molar-refractivity contribution >= 4 is 27.7 Å². The average Bonchev–Trinajstić information content (AvgIpc) is 3.09. The first-order valence-corrected chi connectivity index (χ1v) is 9.18. The van der Waals surface area contributed by atoms with Crippen molar-refractivity contribution < 1.29 is 13.2 Å². The molecule has 1 amide bonds. The summed E-state index contributed by atoms with van der Waals surface area (Å²) in [5.41, 5.74) is 2.16. The Kier molecular flexibility index (Phi) is 4.97. The molecule has 0 unspecified atom stereocenters. The number of nitrogens with zero attached hydrogens (tertiary/aromatic N) is 2. The fourth-order valence-electron chi connectivity index (χ4n) is 2.23. The molecule has 0 saturated carbocycles. The molecule has 0 radical (unpaired) electrons. The molecule has 1 heterocycles. The molecular weight excluding hydrogens is 352 g/mol. The van der Waals surface area contributed by atoms with Crippen molar-refractivity contribution in [2.45, 2.75) is 4.90 Å². The van der Waals surface area contributed by atoms with Crippen LogP contribution in [0.5, 0.6) is 0 Å². The Morgan fingerprint density at radius 3 is 2.42 bits per heavy atom. The van der Waals surface area contributed by atoms with Crippen LogP contribution in [0.4, 0.5) is 5.69 Å². The summed E-state index contributed by atoms with van der Waals surface area (Å²) in [6.45, 7) is 0. The molecule has 0 aliphatic heterocycles. The lowest BCUT2D eigenvalue weighted by atomic mass is 10.3. The largest absolute Gasteiger partial charge is 0.323 e. The van der Waals surface area contributed by atoms with E-state index in [4.69, 9.17) is 5.14 Å². The topological polar surface area (TPSA) is 107 Å². The van der Waals surface area contributed by atoms with E-state index in [-0.39, 0.29) is 10.8 Å². The molecule has 0 spiro atoms. The lowest BCUT2D eigenvalue weighted by Gasteiger charge is -2.03. The number of carbonyl (C=O) groups is 1. The number of hydrogen-bond acceptors (Lipinski definition) is 4. The van der Waals surface area contributed by atoms with E-state index < -0.39 is 10.0 Å². The van der Waals surface area contributed by atoms with Crippen LogP contribution in [0.1, 0.15) is 5.56 Å². The molecule has 0 aliphatic rings. The van der Waals surface area contributed by atoms with Crippen molar-refractivity contribution in [1.82, 2.24) is 9.78 Å². The van der Waals surface area contributed by atoms with Crippen LogP contribution in [0.15, 0.2) is 78.0 Å². The molecule has 0 atom stereocenters. The molecule has 0 aliphatic carbocycles. The zero-order chi connectivity index (χ0) is 18.6. The number of nitrogens with two attached hydrogens (primary N) is 1. The maximum Gasteiger partial charge on any atom is 0.248 e. The highest BCUT2D eigenvalue weighted by atomic mass is 32.2. The number of aromatic nitrogens is 2. The lowest BCUT2D eigenvalue weighted by molar-refractivity contribution is -0.111. The van der Waals surface area contributed by atoms with E-state index in [2.05, 4.69) is 10.4 Å². The monoisotopic (exact) mass is 368 g/mol. The van der Waals surface area contributed by atoms with Gasteiger partial charge in [-0.3, -0.25) is 4.79 Å². The first-order valence-electron chi connectivity index (χ1n) is 7.64. The summed E-state index contributed by atoms with van der Waals surface area (Å²) in [5, 5.41) is 11.9. The summed E-state index contributed by atoms with van der Waals surface area (Å²) in [4.78, 5) is 12.0. The number of para-hydroxylation sites is 1. The van der Waals surface area contributed by atoms with Gasteiger partial charge < -0.3 is 5.32 Å². The number of anilines is 1. The van der Waals surface area contributed by atoms with Gasteiger partial charge in [-0.15, -0.1) is 0 Å². The Morgan fingerprint density at radius 2 is 1.77 bits per heavy atom. The number of sulfonamides is 1. The molecule has 3 aromatic rings. The van der Waals surface area contributed by atoms with Crippen LogP contribution in [0, 0.1) is 0 Å². The normalized spacial score (nSPS) is 11.6. The van der Waals surface area contributed by atoms with E-state index in [1.807, 2.05) is 30.3 Å². The Morgan fingerprint density at radius 1 is 1.08 bits per heavy atom. The van der Waals surface area contributed by atoms with Gasteiger partial charge in [-0.2, -0.15) is 5.10 Å². The van der Waals surface area contributed by atoms with E-state index >= 15 is 0 Å². The van der Waals surface area contributed by atoms with Crippen LogP contribution in [0.2, 0.25) is 0 Å². The number of nitrogens with one attached hydrogen (secondary N) is 1. The zero-order valence-electron chi connectivity index (χ0n) is 13.6. The minimum atomic E-state index is -3.75. The first-order chi connectivity index (χ1) is 12.4. The number of benzene rings is 2. The molecule has 3 rings (SSSR count). The van der Waals surface area contributed by atoms with Crippen LogP contribution in [0.3, 0.4) is 0 Å². The van der Waals surface area contributed by atoms with Gasteiger partial charge in [0.2, 0.25) is 15.9 Å². The van der Waals surface area contributed by atoms with Crippen LogP contribution >= 0.6 is 0 Å². The standard InChI is InChI=1S/C18H16N4O3S/c19-26(24,25)17-9-7-15(8-10-17)21-18(23)11-6-14-12-20-22(13-14)16-4-2-1-3-5-16/h1-13H,(H,21,23)(H2,19,24,25)/b11-6+. The van der Waals surface area contributed by atoms with E-state index in [9.17, 15) is 13.2 Å². The Hall–Kier alpha value is -3.23. The summed E-state index contributed by atoms with van der Waals surface area (Å²) < 4.78 is 24.1. The molecule has 0 saturated heterocycles. The number of hydrogen-bond donors (Lipinski definition) is 2. The molecule has 132 valence electrons. The van der Waals surface area contributed by atoms with Crippen LogP contribution in [-0.4, -0.2) is 24.1 Å².